The van der Waals surface area contributed by atoms with Gasteiger partial charge < -0.3 is 25.8 Å². The molecule has 1 saturated heterocycles. The summed E-state index contributed by atoms with van der Waals surface area (Å²) in [5.41, 5.74) is 9.97. The molecule has 0 spiro atoms. The van der Waals surface area contributed by atoms with Crippen LogP contribution in [0.15, 0.2) is 60.5 Å². The predicted octanol–water partition coefficient (Wildman–Crippen LogP) is 0.272. The van der Waals surface area contributed by atoms with Crippen LogP contribution in [0.25, 0.3) is 11.2 Å². The van der Waals surface area contributed by atoms with Crippen LogP contribution < -0.4 is 11.2 Å². The van der Waals surface area contributed by atoms with E-state index < -0.39 is 31.1 Å². The van der Waals surface area contributed by atoms with Gasteiger partial charge in [0, 0.05) is 0 Å². The van der Waals surface area contributed by atoms with Crippen LogP contribution in [0.4, 0.5) is 11.8 Å². The zero-order valence-corrected chi connectivity index (χ0v) is 16.0. The number of nitrogens with zero attached hydrogens (tertiary/aromatic N) is 5. The van der Waals surface area contributed by atoms with Crippen LogP contribution in [0.5, 0.6) is 0 Å². The van der Waals surface area contributed by atoms with Crippen molar-refractivity contribution in [2.24, 2.45) is 5.10 Å². The smallest absolute Gasteiger partial charge is 0.247 e. The molecule has 0 aromatic carbocycles. The van der Waals surface area contributed by atoms with E-state index in [1.54, 1.807) is 30.4 Å². The minimum Gasteiger partial charge on any atom is -0.394 e. The molecule has 30 heavy (non-hydrogen) atoms. The van der Waals surface area contributed by atoms with Crippen LogP contribution in [0.1, 0.15) is 6.23 Å². The normalized spacial score (nSPS) is 24.8. The number of hydrogen-bond acceptors (Lipinski definition) is 10. The fourth-order valence-electron chi connectivity index (χ4n) is 2.91. The summed E-state index contributed by atoms with van der Waals surface area (Å²) < 4.78 is 6.95. The van der Waals surface area contributed by atoms with Crippen molar-refractivity contribution in [1.29, 1.82) is 0 Å². The maximum absolute atomic E-state index is 10.3. The standard InChI is InChI=1S/C19H23N7O4/c1-3-5-7-11(6-4-2)8-22-25-19-23-16(20)13-17(24-19)26(10-21-13)18-15(29)14(28)12(9-27)30-18/h3-8,10,12,14-15,18,27-29H,1-2,9H2,(H3,20,23,24,25)/b7-5-,11-6+,22-8+. The maximum atomic E-state index is 10.3. The van der Waals surface area contributed by atoms with Crippen molar-refractivity contribution in [3.05, 3.63) is 55.4 Å². The SMILES string of the molecule is C=C\C=C/C(/C=N/Nc1nc(N)c2ncn(C3OC(CO)C(O)C3O)c2n1)=C\C=C. The van der Waals surface area contributed by atoms with Gasteiger partial charge in [0.25, 0.3) is 0 Å². The summed E-state index contributed by atoms with van der Waals surface area (Å²) in [5.74, 6) is 0.187. The Labute approximate surface area is 172 Å². The molecule has 4 atom stereocenters. The number of fused-ring (bicyclic) bond motifs is 1. The van der Waals surface area contributed by atoms with Crippen molar-refractivity contribution in [2.45, 2.75) is 24.5 Å². The summed E-state index contributed by atoms with van der Waals surface area (Å²) in [7, 11) is 0. The molecule has 158 valence electrons. The molecule has 3 rings (SSSR count). The molecule has 4 unspecified atom stereocenters. The average molecular weight is 413 g/mol. The van der Waals surface area contributed by atoms with Crippen molar-refractivity contribution in [3.63, 3.8) is 0 Å². The van der Waals surface area contributed by atoms with E-state index in [-0.39, 0.29) is 17.4 Å². The van der Waals surface area contributed by atoms with Crippen molar-refractivity contribution in [3.8, 4) is 0 Å². The first-order chi connectivity index (χ1) is 14.5. The first kappa shape index (κ1) is 21.3. The molecule has 0 saturated carbocycles. The second-order valence-electron chi connectivity index (χ2n) is 6.35. The molecule has 0 bridgehead atoms. The van der Waals surface area contributed by atoms with E-state index in [0.29, 0.717) is 5.52 Å². The Kier molecular flexibility index (Phi) is 6.69. The fourth-order valence-corrected chi connectivity index (χ4v) is 2.91. The van der Waals surface area contributed by atoms with Gasteiger partial charge in [0.15, 0.2) is 17.7 Å². The summed E-state index contributed by atoms with van der Waals surface area (Å²) >= 11 is 0. The summed E-state index contributed by atoms with van der Waals surface area (Å²) in [5, 5.41) is 33.7. The van der Waals surface area contributed by atoms with Gasteiger partial charge in [-0.15, -0.1) is 0 Å². The quantitative estimate of drug-likeness (QED) is 0.232. The molecule has 1 aliphatic heterocycles. The third-order valence-corrected chi connectivity index (χ3v) is 4.35. The van der Waals surface area contributed by atoms with E-state index in [4.69, 9.17) is 10.5 Å². The lowest BCUT2D eigenvalue weighted by atomic mass is 10.1. The highest BCUT2D eigenvalue weighted by molar-refractivity contribution is 5.84. The summed E-state index contributed by atoms with van der Waals surface area (Å²) in [6, 6.07) is 0. The molecular formula is C19H23N7O4. The molecule has 2 aromatic rings. The molecule has 0 amide bonds. The third-order valence-electron chi connectivity index (χ3n) is 4.35. The molecule has 1 fully saturated rings. The summed E-state index contributed by atoms with van der Waals surface area (Å²) in [6.45, 7) is 6.82. The number of nitrogens with one attached hydrogen (secondary N) is 1. The summed E-state index contributed by atoms with van der Waals surface area (Å²) in [4.78, 5) is 12.6. The molecular weight excluding hydrogens is 390 g/mol. The second kappa shape index (κ2) is 9.41. The number of nitrogen functional groups attached to an aromatic ring is 1. The molecule has 1 aliphatic rings. The Morgan fingerprint density at radius 1 is 1.30 bits per heavy atom. The first-order valence-corrected chi connectivity index (χ1v) is 9.03. The van der Waals surface area contributed by atoms with Crippen molar-refractivity contribution < 1.29 is 20.1 Å². The lowest BCUT2D eigenvalue weighted by Gasteiger charge is -2.16. The van der Waals surface area contributed by atoms with Crippen LogP contribution in [0.2, 0.25) is 0 Å². The van der Waals surface area contributed by atoms with Crippen LogP contribution in [0, 0.1) is 0 Å². The maximum Gasteiger partial charge on any atom is 0.247 e. The Bertz CT molecular complexity index is 1010. The van der Waals surface area contributed by atoms with E-state index in [2.05, 4.69) is 38.6 Å². The van der Waals surface area contributed by atoms with Gasteiger partial charge in [0.05, 0.1) is 19.1 Å². The van der Waals surface area contributed by atoms with Crippen LogP contribution >= 0.6 is 0 Å². The zero-order valence-electron chi connectivity index (χ0n) is 16.0. The zero-order chi connectivity index (χ0) is 21.7. The largest absolute Gasteiger partial charge is 0.394 e. The molecule has 2 aromatic heterocycles. The van der Waals surface area contributed by atoms with Crippen molar-refractivity contribution in [2.75, 3.05) is 17.8 Å². The highest BCUT2D eigenvalue weighted by Gasteiger charge is 2.44. The summed E-state index contributed by atoms with van der Waals surface area (Å²) in [6.07, 6.45) is 6.98. The number of allylic oxidation sites excluding steroid dienone is 6. The van der Waals surface area contributed by atoms with Gasteiger partial charge in [-0.25, -0.2) is 10.4 Å². The number of nitrogens with two attached hydrogens (primary N) is 1. The van der Waals surface area contributed by atoms with Crippen molar-refractivity contribution >= 4 is 29.1 Å². The number of hydrazone groups is 1. The van der Waals surface area contributed by atoms with E-state index in [1.807, 2.05) is 0 Å². The van der Waals surface area contributed by atoms with Gasteiger partial charge in [-0.1, -0.05) is 43.5 Å². The van der Waals surface area contributed by atoms with Crippen LogP contribution in [-0.4, -0.2) is 66.0 Å². The monoisotopic (exact) mass is 413 g/mol. The third kappa shape index (κ3) is 4.28. The van der Waals surface area contributed by atoms with Crippen LogP contribution in [0.3, 0.4) is 0 Å². The molecule has 11 nitrogen and oxygen atoms in total. The fraction of sp³-hybridized carbons (Fsp3) is 0.263. The average Bonchev–Trinajstić information content (AvgIpc) is 3.27. The van der Waals surface area contributed by atoms with Gasteiger partial charge in [-0.2, -0.15) is 15.1 Å². The van der Waals surface area contributed by atoms with Gasteiger partial charge in [-0.3, -0.25) is 4.57 Å². The number of aromatic nitrogens is 4. The number of aliphatic hydroxyl groups is 3. The highest BCUT2D eigenvalue weighted by atomic mass is 16.6. The van der Waals surface area contributed by atoms with E-state index in [9.17, 15) is 15.3 Å². The minimum absolute atomic E-state index is 0.0930. The number of anilines is 2. The number of aliphatic hydroxyl groups excluding tert-OH is 3. The lowest BCUT2D eigenvalue weighted by molar-refractivity contribution is -0.0511. The number of hydrogen-bond donors (Lipinski definition) is 5. The highest BCUT2D eigenvalue weighted by Crippen LogP contribution is 2.32. The predicted molar refractivity (Wildman–Crippen MR) is 112 cm³/mol. The second-order valence-corrected chi connectivity index (χ2v) is 6.35. The molecule has 3 heterocycles. The number of rotatable bonds is 8. The van der Waals surface area contributed by atoms with Gasteiger partial charge in [0.1, 0.15) is 23.8 Å². The van der Waals surface area contributed by atoms with E-state index in [0.717, 1.165) is 5.57 Å². The first-order valence-electron chi connectivity index (χ1n) is 9.03. The van der Waals surface area contributed by atoms with E-state index >= 15 is 0 Å². The number of imidazole rings is 1. The van der Waals surface area contributed by atoms with E-state index in [1.165, 1.54) is 17.1 Å². The number of ether oxygens (including phenoxy) is 1. The van der Waals surface area contributed by atoms with Gasteiger partial charge >= 0.3 is 0 Å². The Morgan fingerprint density at radius 2 is 2.10 bits per heavy atom. The Balaban J connectivity index is 1.88. The van der Waals surface area contributed by atoms with Gasteiger partial charge in [0.2, 0.25) is 5.95 Å². The van der Waals surface area contributed by atoms with Gasteiger partial charge in [-0.05, 0) is 5.57 Å². The molecule has 11 heteroatoms. The Morgan fingerprint density at radius 3 is 2.77 bits per heavy atom. The minimum atomic E-state index is -1.28. The molecule has 0 aliphatic carbocycles. The lowest BCUT2D eigenvalue weighted by Crippen LogP contribution is -2.33. The van der Waals surface area contributed by atoms with Crippen LogP contribution in [-0.2, 0) is 4.74 Å². The molecule has 6 N–H and O–H groups in total. The topological polar surface area (TPSA) is 164 Å². The van der Waals surface area contributed by atoms with Crippen molar-refractivity contribution in [1.82, 2.24) is 19.5 Å². The Hall–Kier alpha value is -3.38. The molecule has 0 radical (unpaired) electrons.